The van der Waals surface area contributed by atoms with Crippen LogP contribution in [0, 0.1) is 0 Å². The van der Waals surface area contributed by atoms with Crippen molar-refractivity contribution in [1.82, 2.24) is 14.8 Å². The van der Waals surface area contributed by atoms with E-state index in [-0.39, 0.29) is 0 Å². The molecule has 0 saturated heterocycles. The van der Waals surface area contributed by atoms with Crippen molar-refractivity contribution in [2.75, 3.05) is 24.7 Å². The van der Waals surface area contributed by atoms with Crippen molar-refractivity contribution in [3.05, 3.63) is 30.0 Å². The lowest BCUT2D eigenvalue weighted by molar-refractivity contribution is 0.760. The number of hydrogen-bond acceptors (Lipinski definition) is 4. The van der Waals surface area contributed by atoms with E-state index in [1.807, 2.05) is 43.3 Å². The summed E-state index contributed by atoms with van der Waals surface area (Å²) in [7, 11) is 3.91. The summed E-state index contributed by atoms with van der Waals surface area (Å²) in [4.78, 5) is 6.47. The van der Waals surface area contributed by atoms with Gasteiger partial charge in [0.15, 0.2) is 5.82 Å². The number of anilines is 2. The number of rotatable bonds is 3. The zero-order valence-corrected chi connectivity index (χ0v) is 11.3. The van der Waals surface area contributed by atoms with Gasteiger partial charge in [0.2, 0.25) is 0 Å². The average Bonchev–Trinajstić information content (AvgIpc) is 2.72. The van der Waals surface area contributed by atoms with Gasteiger partial charge in [0.05, 0.1) is 5.69 Å². The van der Waals surface area contributed by atoms with E-state index in [1.54, 1.807) is 4.68 Å². The van der Waals surface area contributed by atoms with Crippen molar-refractivity contribution < 1.29 is 0 Å². The quantitative estimate of drug-likeness (QED) is 0.899. The van der Waals surface area contributed by atoms with Gasteiger partial charge >= 0.3 is 0 Å². The van der Waals surface area contributed by atoms with Gasteiger partial charge in [0.1, 0.15) is 11.6 Å². The molecule has 5 nitrogen and oxygen atoms in total. The fourth-order valence-corrected chi connectivity index (χ4v) is 1.66. The molecule has 2 aromatic heterocycles. The molecule has 0 saturated carbocycles. The first-order valence-electron chi connectivity index (χ1n) is 5.99. The summed E-state index contributed by atoms with van der Waals surface area (Å²) in [6.07, 6.45) is 0. The SMILES string of the molecule is CC(C)c1cc(N)n(-c2cccc(N(C)C)n2)n1. The molecule has 0 radical (unpaired) electrons. The minimum atomic E-state index is 0.352. The van der Waals surface area contributed by atoms with E-state index in [1.165, 1.54) is 0 Å². The zero-order valence-electron chi connectivity index (χ0n) is 11.3. The molecule has 2 aromatic rings. The highest BCUT2D eigenvalue weighted by atomic mass is 15.3. The van der Waals surface area contributed by atoms with Crippen LogP contribution in [-0.2, 0) is 0 Å². The second kappa shape index (κ2) is 4.68. The summed E-state index contributed by atoms with van der Waals surface area (Å²) in [5.41, 5.74) is 6.96. The summed E-state index contributed by atoms with van der Waals surface area (Å²) >= 11 is 0. The van der Waals surface area contributed by atoms with Gasteiger partial charge in [-0.3, -0.25) is 0 Å². The molecule has 0 aliphatic carbocycles. The first-order chi connectivity index (χ1) is 8.49. The third-order valence-corrected chi connectivity index (χ3v) is 2.74. The van der Waals surface area contributed by atoms with Gasteiger partial charge in [-0.1, -0.05) is 19.9 Å². The second-order valence-electron chi connectivity index (χ2n) is 4.81. The molecule has 0 aliphatic heterocycles. The van der Waals surface area contributed by atoms with Crippen molar-refractivity contribution in [3.63, 3.8) is 0 Å². The van der Waals surface area contributed by atoms with Crippen LogP contribution in [0.4, 0.5) is 11.6 Å². The van der Waals surface area contributed by atoms with E-state index in [9.17, 15) is 0 Å². The molecule has 0 spiro atoms. The van der Waals surface area contributed by atoms with Crippen LogP contribution in [0.3, 0.4) is 0 Å². The molecule has 2 N–H and O–H groups in total. The lowest BCUT2D eigenvalue weighted by atomic mass is 10.1. The number of hydrogen-bond donors (Lipinski definition) is 1. The maximum atomic E-state index is 5.98. The van der Waals surface area contributed by atoms with Gasteiger partial charge in [-0.05, 0) is 18.1 Å². The number of nitrogen functional groups attached to an aromatic ring is 1. The zero-order chi connectivity index (χ0) is 13.3. The first kappa shape index (κ1) is 12.4. The molecule has 18 heavy (non-hydrogen) atoms. The van der Waals surface area contributed by atoms with E-state index in [0.717, 1.165) is 17.3 Å². The lowest BCUT2D eigenvalue weighted by Gasteiger charge is -2.12. The minimum Gasteiger partial charge on any atom is -0.384 e. The third-order valence-electron chi connectivity index (χ3n) is 2.74. The lowest BCUT2D eigenvalue weighted by Crippen LogP contribution is -2.12. The smallest absolute Gasteiger partial charge is 0.158 e. The molecule has 5 heteroatoms. The normalized spacial score (nSPS) is 10.9. The Bertz CT molecular complexity index is 542. The monoisotopic (exact) mass is 245 g/mol. The van der Waals surface area contributed by atoms with Crippen LogP contribution >= 0.6 is 0 Å². The highest BCUT2D eigenvalue weighted by Gasteiger charge is 2.11. The number of nitrogens with zero attached hydrogens (tertiary/aromatic N) is 4. The Hall–Kier alpha value is -2.04. The van der Waals surface area contributed by atoms with Crippen LogP contribution in [0.1, 0.15) is 25.5 Å². The second-order valence-corrected chi connectivity index (χ2v) is 4.81. The van der Waals surface area contributed by atoms with Crippen LogP contribution in [0.25, 0.3) is 5.82 Å². The molecule has 0 bridgehead atoms. The van der Waals surface area contributed by atoms with Gasteiger partial charge in [0, 0.05) is 20.2 Å². The minimum absolute atomic E-state index is 0.352. The Morgan fingerprint density at radius 1 is 1.28 bits per heavy atom. The Kier molecular flexibility index (Phi) is 3.23. The Morgan fingerprint density at radius 2 is 2.00 bits per heavy atom. The molecular weight excluding hydrogens is 226 g/mol. The van der Waals surface area contributed by atoms with Crippen LogP contribution in [-0.4, -0.2) is 28.9 Å². The summed E-state index contributed by atoms with van der Waals surface area (Å²) in [5.74, 6) is 2.59. The van der Waals surface area contributed by atoms with E-state index in [4.69, 9.17) is 5.73 Å². The molecule has 2 heterocycles. The molecule has 0 aliphatic rings. The predicted molar refractivity (Wildman–Crippen MR) is 74.2 cm³/mol. The average molecular weight is 245 g/mol. The number of nitrogens with two attached hydrogens (primary N) is 1. The molecule has 0 aromatic carbocycles. The van der Waals surface area contributed by atoms with Crippen LogP contribution in [0.2, 0.25) is 0 Å². The largest absolute Gasteiger partial charge is 0.384 e. The number of pyridine rings is 1. The number of aromatic nitrogens is 3. The summed E-state index contributed by atoms with van der Waals surface area (Å²) in [6.45, 7) is 4.19. The summed E-state index contributed by atoms with van der Waals surface area (Å²) in [5, 5.41) is 4.49. The van der Waals surface area contributed by atoms with Crippen molar-refractivity contribution in [3.8, 4) is 5.82 Å². The van der Waals surface area contributed by atoms with Gasteiger partial charge in [-0.25, -0.2) is 4.98 Å². The fourth-order valence-electron chi connectivity index (χ4n) is 1.66. The van der Waals surface area contributed by atoms with Gasteiger partial charge in [-0.2, -0.15) is 9.78 Å². The highest BCUT2D eigenvalue weighted by Crippen LogP contribution is 2.19. The topological polar surface area (TPSA) is 60.0 Å². The van der Waals surface area contributed by atoms with Crippen LogP contribution in [0.5, 0.6) is 0 Å². The van der Waals surface area contributed by atoms with E-state index in [0.29, 0.717) is 11.7 Å². The maximum absolute atomic E-state index is 5.98. The summed E-state index contributed by atoms with van der Waals surface area (Å²) in [6, 6.07) is 7.70. The molecule has 96 valence electrons. The maximum Gasteiger partial charge on any atom is 0.158 e. The summed E-state index contributed by atoms with van der Waals surface area (Å²) < 4.78 is 1.68. The van der Waals surface area contributed by atoms with E-state index >= 15 is 0 Å². The van der Waals surface area contributed by atoms with Gasteiger partial charge in [0.25, 0.3) is 0 Å². The van der Waals surface area contributed by atoms with Crippen molar-refractivity contribution in [2.45, 2.75) is 19.8 Å². The molecule has 0 unspecified atom stereocenters. The third kappa shape index (κ3) is 2.30. The standard InChI is InChI=1S/C13H19N5/c1-9(2)10-8-11(14)18(16-10)13-7-5-6-12(15-13)17(3)4/h5-9H,14H2,1-4H3. The van der Waals surface area contributed by atoms with Crippen molar-refractivity contribution in [1.29, 1.82) is 0 Å². The Balaban J connectivity index is 2.45. The highest BCUT2D eigenvalue weighted by molar-refractivity contribution is 5.45. The van der Waals surface area contributed by atoms with Crippen molar-refractivity contribution in [2.24, 2.45) is 0 Å². The Morgan fingerprint density at radius 3 is 2.56 bits per heavy atom. The molecular formula is C13H19N5. The van der Waals surface area contributed by atoms with Gasteiger partial charge in [-0.15, -0.1) is 0 Å². The van der Waals surface area contributed by atoms with Gasteiger partial charge < -0.3 is 10.6 Å². The molecule has 2 rings (SSSR count). The van der Waals surface area contributed by atoms with E-state index < -0.39 is 0 Å². The van der Waals surface area contributed by atoms with Crippen molar-refractivity contribution >= 4 is 11.6 Å². The van der Waals surface area contributed by atoms with Crippen LogP contribution in [0.15, 0.2) is 24.3 Å². The van der Waals surface area contributed by atoms with E-state index in [2.05, 4.69) is 23.9 Å². The predicted octanol–water partition coefficient (Wildman–Crippen LogP) is 2.04. The molecule has 0 fully saturated rings. The van der Waals surface area contributed by atoms with Crippen LogP contribution < -0.4 is 10.6 Å². The molecule has 0 atom stereocenters. The molecule has 0 amide bonds. The Labute approximate surface area is 107 Å². The fraction of sp³-hybridized carbons (Fsp3) is 0.385. The first-order valence-corrected chi connectivity index (χ1v) is 5.99.